The van der Waals surface area contributed by atoms with Gasteiger partial charge in [0.2, 0.25) is 0 Å². The van der Waals surface area contributed by atoms with Crippen LogP contribution in [-0.2, 0) is 6.54 Å². The van der Waals surface area contributed by atoms with Crippen molar-refractivity contribution >= 4 is 16.5 Å². The van der Waals surface area contributed by atoms with E-state index in [1.807, 2.05) is 19.9 Å². The summed E-state index contributed by atoms with van der Waals surface area (Å²) in [6, 6.07) is 2.01. The van der Waals surface area contributed by atoms with E-state index in [4.69, 9.17) is 4.52 Å². The van der Waals surface area contributed by atoms with E-state index in [2.05, 4.69) is 25.3 Å². The fraction of sp³-hybridized carbons (Fsp3) is 0.538. The Balaban J connectivity index is 1.54. The van der Waals surface area contributed by atoms with Gasteiger partial charge in [-0.3, -0.25) is 4.90 Å². The van der Waals surface area contributed by atoms with Crippen LogP contribution in [0, 0.1) is 13.8 Å². The third-order valence-corrected chi connectivity index (χ3v) is 4.33. The molecule has 0 aliphatic carbocycles. The second kappa shape index (κ2) is 5.30. The zero-order valence-corrected chi connectivity index (χ0v) is 12.1. The van der Waals surface area contributed by atoms with Gasteiger partial charge in [-0.2, -0.15) is 0 Å². The highest BCUT2D eigenvalue weighted by Gasteiger charge is 2.19. The van der Waals surface area contributed by atoms with E-state index >= 15 is 0 Å². The normalized spacial score (nSPS) is 17.1. The summed E-state index contributed by atoms with van der Waals surface area (Å²) in [4.78, 5) is 9.32. The summed E-state index contributed by atoms with van der Waals surface area (Å²) in [6.45, 7) is 9.01. The molecule has 0 aromatic carbocycles. The molecule has 0 atom stereocenters. The fourth-order valence-electron chi connectivity index (χ4n) is 2.31. The first-order valence-corrected chi connectivity index (χ1v) is 7.40. The van der Waals surface area contributed by atoms with Crippen molar-refractivity contribution in [1.29, 1.82) is 0 Å². The summed E-state index contributed by atoms with van der Waals surface area (Å²) in [5.74, 6) is 0.881. The van der Waals surface area contributed by atoms with Crippen molar-refractivity contribution in [2.24, 2.45) is 0 Å². The van der Waals surface area contributed by atoms with Crippen LogP contribution >= 0.6 is 11.3 Å². The van der Waals surface area contributed by atoms with Crippen LogP contribution in [0.1, 0.15) is 17.1 Å². The predicted octanol–water partition coefficient (Wildman–Crippen LogP) is 2.07. The van der Waals surface area contributed by atoms with Gasteiger partial charge in [-0.25, -0.2) is 4.98 Å². The van der Waals surface area contributed by atoms with Crippen LogP contribution in [0.4, 0.5) is 5.13 Å². The molecule has 0 radical (unpaired) electrons. The smallest absolute Gasteiger partial charge is 0.185 e. The molecule has 3 rings (SSSR count). The van der Waals surface area contributed by atoms with Crippen LogP contribution in [0.25, 0.3) is 0 Å². The summed E-state index contributed by atoms with van der Waals surface area (Å²) < 4.78 is 5.10. The van der Waals surface area contributed by atoms with Gasteiger partial charge in [-0.05, 0) is 13.8 Å². The third-order valence-electron chi connectivity index (χ3n) is 3.31. The van der Waals surface area contributed by atoms with Gasteiger partial charge in [0.15, 0.2) is 5.13 Å². The molecule has 19 heavy (non-hydrogen) atoms. The van der Waals surface area contributed by atoms with E-state index in [0.29, 0.717) is 0 Å². The molecule has 0 unspecified atom stereocenters. The average Bonchev–Trinajstić information content (AvgIpc) is 3.00. The predicted molar refractivity (Wildman–Crippen MR) is 75.6 cm³/mol. The van der Waals surface area contributed by atoms with Crippen molar-refractivity contribution < 1.29 is 4.52 Å². The molecule has 6 heteroatoms. The molecule has 5 nitrogen and oxygen atoms in total. The van der Waals surface area contributed by atoms with Crippen LogP contribution in [0.3, 0.4) is 0 Å². The van der Waals surface area contributed by atoms with Crippen molar-refractivity contribution in [3.63, 3.8) is 0 Å². The monoisotopic (exact) mass is 278 g/mol. The van der Waals surface area contributed by atoms with E-state index in [1.54, 1.807) is 11.3 Å². The molecule has 0 saturated carbocycles. The fourth-order valence-corrected chi connectivity index (χ4v) is 3.16. The molecule has 0 N–H and O–H groups in total. The Labute approximate surface area is 116 Å². The number of aromatic nitrogens is 2. The summed E-state index contributed by atoms with van der Waals surface area (Å²) >= 11 is 1.73. The largest absolute Gasteiger partial charge is 0.361 e. The van der Waals surface area contributed by atoms with Crippen molar-refractivity contribution in [1.82, 2.24) is 15.0 Å². The summed E-state index contributed by atoms with van der Waals surface area (Å²) in [7, 11) is 0. The molecule has 1 fully saturated rings. The number of anilines is 1. The minimum absolute atomic E-state index is 0.877. The highest BCUT2D eigenvalue weighted by molar-refractivity contribution is 7.13. The highest BCUT2D eigenvalue weighted by Crippen LogP contribution is 2.21. The van der Waals surface area contributed by atoms with E-state index < -0.39 is 0 Å². The van der Waals surface area contributed by atoms with Crippen molar-refractivity contribution in [2.75, 3.05) is 31.1 Å². The van der Waals surface area contributed by atoms with Crippen LogP contribution in [0.15, 0.2) is 16.0 Å². The number of hydrogen-bond acceptors (Lipinski definition) is 6. The maximum atomic E-state index is 5.10. The molecule has 1 aliphatic heterocycles. The van der Waals surface area contributed by atoms with E-state index in [0.717, 1.165) is 55.0 Å². The number of hydrogen-bond donors (Lipinski definition) is 0. The van der Waals surface area contributed by atoms with E-state index in [-0.39, 0.29) is 0 Å². The Morgan fingerprint density at radius 3 is 2.63 bits per heavy atom. The zero-order valence-electron chi connectivity index (χ0n) is 11.3. The summed E-state index contributed by atoms with van der Waals surface area (Å²) in [5, 5.41) is 7.31. The lowest BCUT2D eigenvalue weighted by Crippen LogP contribution is -2.46. The molecular formula is C13H18N4OS. The highest BCUT2D eigenvalue weighted by atomic mass is 32.1. The molecule has 102 valence electrons. The van der Waals surface area contributed by atoms with Gasteiger partial charge in [-0.15, -0.1) is 11.3 Å². The lowest BCUT2D eigenvalue weighted by Gasteiger charge is -2.34. The maximum Gasteiger partial charge on any atom is 0.185 e. The third kappa shape index (κ3) is 2.96. The Morgan fingerprint density at radius 1 is 1.26 bits per heavy atom. The molecule has 0 spiro atoms. The van der Waals surface area contributed by atoms with Crippen LogP contribution in [0.5, 0.6) is 0 Å². The van der Waals surface area contributed by atoms with Gasteiger partial charge in [0.25, 0.3) is 0 Å². The molecule has 1 saturated heterocycles. The quantitative estimate of drug-likeness (QED) is 0.860. The molecular weight excluding hydrogens is 260 g/mol. The van der Waals surface area contributed by atoms with Crippen molar-refractivity contribution in [3.05, 3.63) is 28.6 Å². The standard InChI is InChI=1S/C13H18N4OS/c1-10-9-19-13(14-10)17-5-3-16(4-6-17)8-12-7-11(2)18-15-12/h7,9H,3-6,8H2,1-2H3. The number of aryl methyl sites for hydroxylation is 2. The molecule has 3 heterocycles. The minimum Gasteiger partial charge on any atom is -0.361 e. The average molecular weight is 278 g/mol. The Hall–Kier alpha value is -1.40. The Morgan fingerprint density at radius 2 is 2.05 bits per heavy atom. The maximum absolute atomic E-state index is 5.10. The molecule has 0 amide bonds. The molecule has 1 aliphatic rings. The zero-order chi connectivity index (χ0) is 13.2. The van der Waals surface area contributed by atoms with Gasteiger partial charge >= 0.3 is 0 Å². The minimum atomic E-state index is 0.877. The van der Waals surface area contributed by atoms with Crippen LogP contribution < -0.4 is 4.90 Å². The molecule has 2 aromatic heterocycles. The number of rotatable bonds is 3. The van der Waals surface area contributed by atoms with Gasteiger partial charge in [0, 0.05) is 44.2 Å². The van der Waals surface area contributed by atoms with Gasteiger partial charge in [0.05, 0.1) is 11.4 Å². The topological polar surface area (TPSA) is 45.4 Å². The van der Waals surface area contributed by atoms with Gasteiger partial charge in [0.1, 0.15) is 5.76 Å². The first-order chi connectivity index (χ1) is 9.20. The first-order valence-electron chi connectivity index (χ1n) is 6.52. The lowest BCUT2D eigenvalue weighted by molar-refractivity contribution is 0.241. The molecule has 0 bridgehead atoms. The summed E-state index contributed by atoms with van der Waals surface area (Å²) in [6.07, 6.45) is 0. The first kappa shape index (κ1) is 12.6. The summed E-state index contributed by atoms with van der Waals surface area (Å²) in [5.41, 5.74) is 2.14. The van der Waals surface area contributed by atoms with Crippen molar-refractivity contribution in [3.8, 4) is 0 Å². The Bertz CT molecular complexity index is 542. The second-order valence-electron chi connectivity index (χ2n) is 4.96. The molecule has 2 aromatic rings. The van der Waals surface area contributed by atoms with Gasteiger partial charge < -0.3 is 9.42 Å². The van der Waals surface area contributed by atoms with E-state index in [9.17, 15) is 0 Å². The number of piperazine rings is 1. The van der Waals surface area contributed by atoms with Crippen LogP contribution in [0.2, 0.25) is 0 Å². The van der Waals surface area contributed by atoms with Gasteiger partial charge in [-0.1, -0.05) is 5.16 Å². The lowest BCUT2D eigenvalue weighted by atomic mass is 10.3. The van der Waals surface area contributed by atoms with Crippen LogP contribution in [-0.4, -0.2) is 41.2 Å². The van der Waals surface area contributed by atoms with Crippen molar-refractivity contribution in [2.45, 2.75) is 20.4 Å². The number of nitrogens with zero attached hydrogens (tertiary/aromatic N) is 4. The van der Waals surface area contributed by atoms with E-state index in [1.165, 1.54) is 0 Å². The Kier molecular flexibility index (Phi) is 3.52. The SMILES string of the molecule is Cc1csc(N2CCN(Cc3cc(C)on3)CC2)n1. The number of thiazole rings is 1. The second-order valence-corrected chi connectivity index (χ2v) is 5.80.